The molecule has 1 aliphatic carbocycles. The zero-order chi connectivity index (χ0) is 34.5. The van der Waals surface area contributed by atoms with Gasteiger partial charge in [0.25, 0.3) is 5.91 Å². The van der Waals surface area contributed by atoms with Crippen LogP contribution in [-0.2, 0) is 19.1 Å². The van der Waals surface area contributed by atoms with Crippen molar-refractivity contribution in [2.45, 2.75) is 56.7 Å². The molecule has 1 unspecified atom stereocenters. The number of piperidine rings is 1. The second kappa shape index (κ2) is 15.1. The molecule has 3 amide bonds. The molecule has 0 radical (unpaired) electrons. The molecule has 13 nitrogen and oxygen atoms in total. The second-order valence-corrected chi connectivity index (χ2v) is 13.1. The van der Waals surface area contributed by atoms with Crippen molar-refractivity contribution in [3.8, 4) is 0 Å². The number of nitrogens with one attached hydrogen (secondary N) is 5. The van der Waals surface area contributed by atoms with Crippen LogP contribution in [0.15, 0.2) is 54.4 Å². The standard InChI is InChI=1S/C35H41ClN8O5/c1-37-31(46)19-49-29-16-22-15-25(11-13-28(22)44(2)34(29)48)41-32-27(36)18-39-35(43-32)38-17-20-3-7-23(8-4-20)40-24-9-5-21(6-10-24)26-12-14-30(45)42-33(26)47/h5-6,9-11,13,15-16,18,20,23,26,34,40,48H,3-4,7-8,12,14,17,19H2,1-2H3,(H,37,46)(H,42,45,47)(H2,38,39,41,43)/t20-,23-,26-,34?/m0/s1. The SMILES string of the molecule is CNC(=O)COC1=Cc2cc(Nc3nc(NC[C@H]4CC[C@H](Nc5ccc([C@@H]6CCC(=O)NC6=O)cc5)CC4)ncc3Cl)ccc2N(C)C1O. The van der Waals surface area contributed by atoms with E-state index in [1.54, 1.807) is 24.2 Å². The number of aliphatic hydroxyl groups excluding tert-OH is 1. The first-order valence-corrected chi connectivity index (χ1v) is 16.9. The number of aromatic nitrogens is 2. The Kier molecular flexibility index (Phi) is 10.5. The molecule has 3 aromatic rings. The molecule has 6 N–H and O–H groups in total. The number of amides is 3. The Bertz CT molecular complexity index is 1730. The molecule has 2 fully saturated rings. The van der Waals surface area contributed by atoms with E-state index in [0.717, 1.165) is 60.4 Å². The number of rotatable bonds is 11. The number of halogens is 1. The molecule has 3 aliphatic rings. The number of imide groups is 1. The van der Waals surface area contributed by atoms with Crippen molar-refractivity contribution in [2.24, 2.45) is 5.92 Å². The quantitative estimate of drug-likeness (QED) is 0.158. The van der Waals surface area contributed by atoms with Crippen LogP contribution >= 0.6 is 11.6 Å². The molecule has 258 valence electrons. The van der Waals surface area contributed by atoms with Crippen molar-refractivity contribution < 1.29 is 24.2 Å². The summed E-state index contributed by atoms with van der Waals surface area (Å²) >= 11 is 6.47. The van der Waals surface area contributed by atoms with Crippen LogP contribution in [0, 0.1) is 5.92 Å². The van der Waals surface area contributed by atoms with Gasteiger partial charge in [0.1, 0.15) is 10.8 Å². The van der Waals surface area contributed by atoms with E-state index >= 15 is 0 Å². The molecular weight excluding hydrogens is 648 g/mol. The number of benzene rings is 2. The number of carbonyl (C=O) groups is 3. The minimum Gasteiger partial charge on any atom is -0.483 e. The van der Waals surface area contributed by atoms with Gasteiger partial charge in [0.2, 0.25) is 17.8 Å². The summed E-state index contributed by atoms with van der Waals surface area (Å²) in [6, 6.07) is 14.0. The molecule has 0 spiro atoms. The van der Waals surface area contributed by atoms with E-state index in [9.17, 15) is 19.5 Å². The molecular formula is C35H41ClN8O5. The number of fused-ring (bicyclic) bond motifs is 1. The summed E-state index contributed by atoms with van der Waals surface area (Å²) in [5.74, 6) is 0.696. The van der Waals surface area contributed by atoms with Crippen LogP contribution in [-0.4, -0.2) is 72.3 Å². The third-order valence-electron chi connectivity index (χ3n) is 9.30. The maximum Gasteiger partial charge on any atom is 0.257 e. The molecule has 1 saturated heterocycles. The predicted molar refractivity (Wildman–Crippen MR) is 189 cm³/mol. The predicted octanol–water partition coefficient (Wildman–Crippen LogP) is 4.35. The third-order valence-corrected chi connectivity index (χ3v) is 9.58. The van der Waals surface area contributed by atoms with Crippen LogP contribution in [0.5, 0.6) is 0 Å². The van der Waals surface area contributed by atoms with Crippen LogP contribution in [0.3, 0.4) is 0 Å². The normalized spacial score (nSPS) is 22.0. The van der Waals surface area contributed by atoms with Crippen molar-refractivity contribution >= 4 is 64.2 Å². The van der Waals surface area contributed by atoms with E-state index < -0.39 is 6.23 Å². The maximum absolute atomic E-state index is 12.2. The molecule has 1 saturated carbocycles. The van der Waals surface area contributed by atoms with Crippen LogP contribution in [0.4, 0.5) is 28.8 Å². The fourth-order valence-corrected chi connectivity index (χ4v) is 6.58. The van der Waals surface area contributed by atoms with Crippen molar-refractivity contribution in [2.75, 3.05) is 48.1 Å². The van der Waals surface area contributed by atoms with E-state index in [0.29, 0.717) is 41.6 Å². The summed E-state index contributed by atoms with van der Waals surface area (Å²) in [5, 5.41) is 26.2. The highest BCUT2D eigenvalue weighted by Gasteiger charge is 2.29. The monoisotopic (exact) mass is 688 g/mol. The third kappa shape index (κ3) is 8.23. The van der Waals surface area contributed by atoms with Crippen LogP contribution in [0.2, 0.25) is 5.02 Å². The molecule has 0 bridgehead atoms. The molecule has 2 atom stereocenters. The Morgan fingerprint density at radius 3 is 2.57 bits per heavy atom. The van der Waals surface area contributed by atoms with E-state index in [1.807, 2.05) is 42.5 Å². The second-order valence-electron chi connectivity index (χ2n) is 12.7. The molecule has 1 aromatic heterocycles. The zero-order valence-corrected chi connectivity index (χ0v) is 28.2. The highest BCUT2D eigenvalue weighted by molar-refractivity contribution is 6.32. The lowest BCUT2D eigenvalue weighted by Gasteiger charge is -2.32. The number of carbonyl (C=O) groups excluding carboxylic acids is 3. The van der Waals surface area contributed by atoms with Gasteiger partial charge in [-0.3, -0.25) is 19.7 Å². The van der Waals surface area contributed by atoms with Crippen molar-refractivity contribution in [1.82, 2.24) is 20.6 Å². The first kappa shape index (κ1) is 34.0. The smallest absolute Gasteiger partial charge is 0.257 e. The van der Waals surface area contributed by atoms with E-state index in [4.69, 9.17) is 16.3 Å². The molecule has 2 aliphatic heterocycles. The zero-order valence-electron chi connectivity index (χ0n) is 27.5. The fourth-order valence-electron chi connectivity index (χ4n) is 6.44. The summed E-state index contributed by atoms with van der Waals surface area (Å²) in [5.41, 5.74) is 4.29. The molecule has 14 heteroatoms. The van der Waals surface area contributed by atoms with Gasteiger partial charge in [-0.1, -0.05) is 23.7 Å². The topological polar surface area (TPSA) is 170 Å². The lowest BCUT2D eigenvalue weighted by molar-refractivity contribution is -0.134. The summed E-state index contributed by atoms with van der Waals surface area (Å²) in [6.07, 6.45) is 7.36. The molecule has 2 aromatic carbocycles. The molecule has 3 heterocycles. The average molecular weight is 689 g/mol. The number of likely N-dealkylation sites (N-methyl/N-ethyl adjacent to an activating group) is 2. The Hall–Kier alpha value is -4.88. The highest BCUT2D eigenvalue weighted by atomic mass is 35.5. The number of aliphatic hydroxyl groups is 1. The summed E-state index contributed by atoms with van der Waals surface area (Å²) in [4.78, 5) is 46.0. The van der Waals surface area contributed by atoms with Crippen molar-refractivity contribution in [3.63, 3.8) is 0 Å². The Labute approximate surface area is 289 Å². The largest absolute Gasteiger partial charge is 0.483 e. The number of ether oxygens (including phenoxy) is 1. The highest BCUT2D eigenvalue weighted by Crippen LogP contribution is 2.35. The first-order valence-electron chi connectivity index (χ1n) is 16.5. The van der Waals surface area contributed by atoms with Gasteiger partial charge in [0, 0.05) is 55.7 Å². The van der Waals surface area contributed by atoms with E-state index in [2.05, 4.69) is 36.6 Å². The lowest BCUT2D eigenvalue weighted by Crippen LogP contribution is -2.39. The number of hydrogen-bond donors (Lipinski definition) is 6. The molecule has 6 rings (SSSR count). The van der Waals surface area contributed by atoms with E-state index in [-0.39, 0.29) is 36.0 Å². The number of hydrogen-bond acceptors (Lipinski definition) is 11. The maximum atomic E-state index is 12.2. The number of anilines is 5. The minimum absolute atomic E-state index is 0.199. The Balaban J connectivity index is 0.999. The Morgan fingerprint density at radius 2 is 1.84 bits per heavy atom. The van der Waals surface area contributed by atoms with Crippen molar-refractivity contribution in [3.05, 3.63) is 70.6 Å². The van der Waals surface area contributed by atoms with Gasteiger partial charge in [-0.25, -0.2) is 4.98 Å². The lowest BCUT2D eigenvalue weighted by atomic mass is 9.86. The average Bonchev–Trinajstić information content (AvgIpc) is 3.10. The number of nitrogens with zero attached hydrogens (tertiary/aromatic N) is 3. The summed E-state index contributed by atoms with van der Waals surface area (Å²) in [7, 11) is 3.28. The van der Waals surface area contributed by atoms with Gasteiger partial charge in [-0.15, -0.1) is 0 Å². The van der Waals surface area contributed by atoms with Gasteiger partial charge in [0.15, 0.2) is 18.7 Å². The molecule has 49 heavy (non-hydrogen) atoms. The fraction of sp³-hybridized carbons (Fsp3) is 0.400. The van der Waals surface area contributed by atoms with Gasteiger partial charge in [-0.05, 0) is 80.0 Å². The minimum atomic E-state index is -1.02. The van der Waals surface area contributed by atoms with Crippen molar-refractivity contribution in [1.29, 1.82) is 0 Å². The van der Waals surface area contributed by atoms with Gasteiger partial charge in [-0.2, -0.15) is 4.98 Å². The summed E-state index contributed by atoms with van der Waals surface area (Å²) < 4.78 is 5.57. The van der Waals surface area contributed by atoms with Crippen LogP contribution in [0.25, 0.3) is 6.08 Å². The van der Waals surface area contributed by atoms with E-state index in [1.165, 1.54) is 7.05 Å². The van der Waals surface area contributed by atoms with Gasteiger partial charge < -0.3 is 36.0 Å². The van der Waals surface area contributed by atoms with Gasteiger partial charge in [0.05, 0.1) is 12.1 Å². The summed E-state index contributed by atoms with van der Waals surface area (Å²) in [6.45, 7) is 0.542. The van der Waals surface area contributed by atoms with Gasteiger partial charge >= 0.3 is 0 Å². The van der Waals surface area contributed by atoms with Crippen LogP contribution in [0.1, 0.15) is 55.6 Å². The van der Waals surface area contributed by atoms with Crippen LogP contribution < -0.4 is 31.5 Å². The Morgan fingerprint density at radius 1 is 1.08 bits per heavy atom. The first-order chi connectivity index (χ1) is 23.7.